The summed E-state index contributed by atoms with van der Waals surface area (Å²) < 4.78 is 12.0. The molecule has 0 fully saturated rings. The van der Waals surface area contributed by atoms with Gasteiger partial charge in [0.25, 0.3) is 0 Å². The maximum absolute atomic E-state index is 10.4. The molecule has 0 aliphatic carbocycles. The van der Waals surface area contributed by atoms with Gasteiger partial charge in [-0.2, -0.15) is 0 Å². The Morgan fingerprint density at radius 3 is 2.41 bits per heavy atom. The molecule has 1 heterocycles. The number of rotatable bonds is 10. The first kappa shape index (κ1) is 22.4. The molecule has 5 nitrogen and oxygen atoms in total. The van der Waals surface area contributed by atoms with Crippen molar-refractivity contribution >= 4 is 26.8 Å². The van der Waals surface area contributed by atoms with Crippen LogP contribution in [0.15, 0.2) is 83.5 Å². The number of hydrogen-bond acceptors (Lipinski definition) is 3. The van der Waals surface area contributed by atoms with Crippen molar-refractivity contribution < 1.29 is 19.9 Å². The highest BCUT2D eigenvalue weighted by Crippen LogP contribution is 2.30. The van der Waals surface area contributed by atoms with Crippen LogP contribution >= 0.6 is 15.9 Å². The lowest BCUT2D eigenvalue weighted by atomic mass is 9.90. The van der Waals surface area contributed by atoms with Gasteiger partial charge in [0.15, 0.2) is 0 Å². The molecule has 4 N–H and O–H groups in total. The number of fused-ring (bicyclic) bond motifs is 1. The van der Waals surface area contributed by atoms with E-state index in [1.54, 1.807) is 7.11 Å². The maximum Gasteiger partial charge on any atom is 0.137 e. The van der Waals surface area contributed by atoms with Crippen LogP contribution in [0.1, 0.15) is 17.0 Å². The summed E-state index contributed by atoms with van der Waals surface area (Å²) >= 11 is 3.41. The second-order valence-electron chi connectivity index (χ2n) is 7.79. The predicted molar refractivity (Wildman–Crippen MR) is 130 cm³/mol. The van der Waals surface area contributed by atoms with E-state index in [2.05, 4.69) is 62.8 Å². The van der Waals surface area contributed by atoms with E-state index in [9.17, 15) is 5.11 Å². The summed E-state index contributed by atoms with van der Waals surface area (Å²) in [6.45, 7) is 1.63. The van der Waals surface area contributed by atoms with Gasteiger partial charge in [-0.05, 0) is 53.6 Å². The minimum absolute atomic E-state index is 0.177. The number of aliphatic hydroxyl groups is 1. The van der Waals surface area contributed by atoms with E-state index >= 15 is 0 Å². The van der Waals surface area contributed by atoms with Crippen molar-refractivity contribution in [1.82, 2.24) is 4.98 Å². The maximum atomic E-state index is 10.4. The van der Waals surface area contributed by atoms with E-state index in [0.29, 0.717) is 6.54 Å². The third-order valence-electron chi connectivity index (χ3n) is 5.61. The Hall–Kier alpha value is -2.80. The van der Waals surface area contributed by atoms with Crippen LogP contribution in [0.5, 0.6) is 11.5 Å². The van der Waals surface area contributed by atoms with E-state index in [1.807, 2.05) is 42.5 Å². The second-order valence-corrected chi connectivity index (χ2v) is 8.71. The van der Waals surface area contributed by atoms with Gasteiger partial charge in [0, 0.05) is 21.6 Å². The zero-order valence-electron chi connectivity index (χ0n) is 18.0. The monoisotopic (exact) mass is 495 g/mol. The van der Waals surface area contributed by atoms with Gasteiger partial charge < -0.3 is 24.9 Å². The molecular formula is C26H28BrN2O3+. The average molecular weight is 496 g/mol. The van der Waals surface area contributed by atoms with Crippen LogP contribution in [0.2, 0.25) is 0 Å². The molecule has 0 saturated heterocycles. The van der Waals surface area contributed by atoms with Crippen LogP contribution in [-0.4, -0.2) is 43.0 Å². The first-order valence-corrected chi connectivity index (χ1v) is 11.5. The van der Waals surface area contributed by atoms with Crippen LogP contribution in [0.4, 0.5) is 0 Å². The number of aliphatic hydroxyl groups excluding tert-OH is 1. The lowest BCUT2D eigenvalue weighted by Crippen LogP contribution is -2.87. The Morgan fingerprint density at radius 1 is 0.938 bits per heavy atom. The summed E-state index contributed by atoms with van der Waals surface area (Å²) in [5, 5.41) is 13.8. The molecular weight excluding hydrogens is 468 g/mol. The number of benzene rings is 3. The first-order chi connectivity index (χ1) is 15.6. The van der Waals surface area contributed by atoms with Crippen LogP contribution in [0.3, 0.4) is 0 Å². The molecule has 0 amide bonds. The smallest absolute Gasteiger partial charge is 0.137 e. The normalized spacial score (nSPS) is 13.1. The largest absolute Gasteiger partial charge is 0.497 e. The zero-order valence-corrected chi connectivity index (χ0v) is 19.6. The minimum Gasteiger partial charge on any atom is -0.497 e. The summed E-state index contributed by atoms with van der Waals surface area (Å²) in [5.74, 6) is 1.77. The van der Waals surface area contributed by atoms with Gasteiger partial charge in [0.1, 0.15) is 30.8 Å². The van der Waals surface area contributed by atoms with Gasteiger partial charge in [0.05, 0.1) is 19.6 Å². The average Bonchev–Trinajstić information content (AvgIpc) is 3.25. The molecule has 0 aliphatic rings. The number of halogens is 1. The fourth-order valence-corrected chi connectivity index (χ4v) is 4.17. The molecule has 0 saturated carbocycles. The molecule has 0 unspecified atom stereocenters. The molecule has 3 aromatic carbocycles. The highest BCUT2D eigenvalue weighted by atomic mass is 79.9. The molecule has 4 aromatic rings. The molecule has 2 atom stereocenters. The number of quaternary nitrogens is 1. The quantitative estimate of drug-likeness (QED) is 0.310. The van der Waals surface area contributed by atoms with Crippen LogP contribution in [0, 0.1) is 0 Å². The van der Waals surface area contributed by atoms with Crippen molar-refractivity contribution in [3.63, 3.8) is 0 Å². The van der Waals surface area contributed by atoms with Crippen LogP contribution < -0.4 is 14.8 Å². The van der Waals surface area contributed by atoms with Gasteiger partial charge in [-0.15, -0.1) is 0 Å². The number of aromatic amines is 1. The number of nitrogens with one attached hydrogen (secondary N) is 1. The van der Waals surface area contributed by atoms with E-state index in [0.717, 1.165) is 28.0 Å². The molecule has 0 spiro atoms. The van der Waals surface area contributed by atoms with E-state index in [1.165, 1.54) is 16.5 Å². The Morgan fingerprint density at radius 2 is 1.66 bits per heavy atom. The number of H-pyrrole nitrogens is 1. The van der Waals surface area contributed by atoms with E-state index in [4.69, 9.17) is 9.47 Å². The van der Waals surface area contributed by atoms with Crippen molar-refractivity contribution in [3.8, 4) is 11.5 Å². The number of hydrogen-bond donors (Lipinski definition) is 3. The van der Waals surface area contributed by atoms with Gasteiger partial charge in [-0.1, -0.05) is 46.3 Å². The van der Waals surface area contributed by atoms with Gasteiger partial charge in [0.2, 0.25) is 0 Å². The molecule has 166 valence electrons. The van der Waals surface area contributed by atoms with E-state index in [-0.39, 0.29) is 12.5 Å². The Bertz CT molecular complexity index is 1130. The third-order valence-corrected chi connectivity index (χ3v) is 6.14. The summed E-state index contributed by atoms with van der Waals surface area (Å²) in [7, 11) is 1.68. The molecule has 1 aromatic heterocycles. The van der Waals surface area contributed by atoms with Crippen molar-refractivity contribution in [2.75, 3.05) is 26.8 Å². The fraction of sp³-hybridized carbons (Fsp3) is 0.231. The summed E-state index contributed by atoms with van der Waals surface area (Å²) in [6.07, 6.45) is 1.54. The number of nitrogens with two attached hydrogens (primary N) is 1. The Kier molecular flexibility index (Phi) is 7.47. The van der Waals surface area contributed by atoms with Crippen molar-refractivity contribution in [2.24, 2.45) is 0 Å². The fourth-order valence-electron chi connectivity index (χ4n) is 3.91. The standard InChI is InChI=1S/C26H27BrN2O3/c1-31-21-10-6-18(7-11-21)24(25-16-29-26-5-3-2-4-23(25)26)15-28-14-20(30)17-32-22-12-8-19(27)9-13-22/h2-13,16,20,24,28-30H,14-15,17H2,1H3/p+1/t20-,24+/m1/s1. The first-order valence-electron chi connectivity index (χ1n) is 10.7. The summed E-state index contributed by atoms with van der Waals surface area (Å²) in [6, 6.07) is 24.2. The van der Waals surface area contributed by atoms with Crippen LogP contribution in [-0.2, 0) is 0 Å². The highest BCUT2D eigenvalue weighted by molar-refractivity contribution is 9.10. The lowest BCUT2D eigenvalue weighted by molar-refractivity contribution is -0.662. The predicted octanol–water partition coefficient (Wildman–Crippen LogP) is 4.07. The van der Waals surface area contributed by atoms with Gasteiger partial charge >= 0.3 is 0 Å². The summed E-state index contributed by atoms with van der Waals surface area (Å²) in [4.78, 5) is 3.39. The van der Waals surface area contributed by atoms with Crippen LogP contribution in [0.25, 0.3) is 10.9 Å². The van der Waals surface area contributed by atoms with Gasteiger partial charge in [-0.3, -0.25) is 0 Å². The van der Waals surface area contributed by atoms with Crippen molar-refractivity contribution in [2.45, 2.75) is 12.0 Å². The Labute approximate surface area is 196 Å². The highest BCUT2D eigenvalue weighted by Gasteiger charge is 2.21. The molecule has 32 heavy (non-hydrogen) atoms. The second kappa shape index (κ2) is 10.7. The number of para-hydroxylation sites is 1. The molecule has 4 rings (SSSR count). The minimum atomic E-state index is -0.557. The molecule has 0 radical (unpaired) electrons. The Balaban J connectivity index is 1.42. The van der Waals surface area contributed by atoms with Crippen molar-refractivity contribution in [1.29, 1.82) is 0 Å². The van der Waals surface area contributed by atoms with Crippen molar-refractivity contribution in [3.05, 3.63) is 94.6 Å². The number of ether oxygens (including phenoxy) is 2. The molecule has 0 aliphatic heterocycles. The molecule has 6 heteroatoms. The summed E-state index contributed by atoms with van der Waals surface area (Å²) in [5.41, 5.74) is 3.60. The molecule has 0 bridgehead atoms. The van der Waals surface area contributed by atoms with Gasteiger partial charge in [-0.25, -0.2) is 0 Å². The number of methoxy groups -OCH3 is 1. The SMILES string of the molecule is COc1ccc([C@H](C[NH2+]C[C@@H](O)COc2ccc(Br)cc2)c2c[nH]c3ccccc23)cc1. The topological polar surface area (TPSA) is 71.1 Å². The number of aromatic nitrogens is 1. The van der Waals surface area contributed by atoms with E-state index < -0.39 is 6.10 Å². The lowest BCUT2D eigenvalue weighted by Gasteiger charge is -2.18. The zero-order chi connectivity index (χ0) is 22.3. The third kappa shape index (κ3) is 5.51.